The summed E-state index contributed by atoms with van der Waals surface area (Å²) in [7, 11) is 0. The van der Waals surface area contributed by atoms with Gasteiger partial charge < -0.3 is 10.3 Å². The van der Waals surface area contributed by atoms with Crippen LogP contribution in [-0.4, -0.2) is 9.55 Å². The van der Waals surface area contributed by atoms with Crippen molar-refractivity contribution in [3.05, 3.63) is 11.5 Å². The van der Waals surface area contributed by atoms with Gasteiger partial charge in [-0.15, -0.1) is 0 Å². The van der Waals surface area contributed by atoms with E-state index in [1.807, 2.05) is 0 Å². The number of anilines is 1. The minimum absolute atomic E-state index is 0.104. The van der Waals surface area contributed by atoms with Crippen molar-refractivity contribution >= 4 is 5.82 Å². The van der Waals surface area contributed by atoms with E-state index in [9.17, 15) is 0 Å². The highest BCUT2D eigenvalue weighted by Crippen LogP contribution is 2.31. The van der Waals surface area contributed by atoms with Gasteiger partial charge in [0.25, 0.3) is 0 Å². The number of aromatic nitrogens is 2. The number of nitrogens with zero attached hydrogens (tertiary/aromatic N) is 2. The van der Waals surface area contributed by atoms with Crippen LogP contribution in [0.15, 0.2) is 0 Å². The van der Waals surface area contributed by atoms with E-state index in [1.165, 1.54) is 24.4 Å². The van der Waals surface area contributed by atoms with Gasteiger partial charge >= 0.3 is 0 Å². The number of hydrogen-bond donors (Lipinski definition) is 1. The van der Waals surface area contributed by atoms with Gasteiger partial charge in [0.15, 0.2) is 0 Å². The van der Waals surface area contributed by atoms with Crippen molar-refractivity contribution in [3.63, 3.8) is 0 Å². The quantitative estimate of drug-likeness (QED) is 0.685. The van der Waals surface area contributed by atoms with Gasteiger partial charge in [0.1, 0.15) is 11.6 Å². The molecular weight excluding hydrogens is 174 g/mol. The largest absolute Gasteiger partial charge is 0.382 e. The molecule has 1 aliphatic heterocycles. The van der Waals surface area contributed by atoms with Crippen molar-refractivity contribution in [2.24, 2.45) is 0 Å². The molecule has 3 heteroatoms. The topological polar surface area (TPSA) is 43.8 Å². The molecule has 2 N–H and O–H groups in total. The summed E-state index contributed by atoms with van der Waals surface area (Å²) in [6.45, 7) is 7.68. The summed E-state index contributed by atoms with van der Waals surface area (Å²) < 4.78 is 2.32. The van der Waals surface area contributed by atoms with Crippen LogP contribution in [0.5, 0.6) is 0 Å². The summed E-state index contributed by atoms with van der Waals surface area (Å²) in [4.78, 5) is 4.46. The van der Waals surface area contributed by atoms with E-state index < -0.39 is 0 Å². The first kappa shape index (κ1) is 9.56. The summed E-state index contributed by atoms with van der Waals surface area (Å²) in [5.74, 6) is 1.91. The molecule has 0 amide bonds. The molecule has 2 heterocycles. The minimum atomic E-state index is 0.104. The summed E-state index contributed by atoms with van der Waals surface area (Å²) in [6.07, 6.45) is 3.59. The molecule has 2 rings (SSSR count). The van der Waals surface area contributed by atoms with E-state index in [-0.39, 0.29) is 5.41 Å². The molecule has 0 radical (unpaired) electrons. The molecular formula is C11H19N3. The third-order valence-electron chi connectivity index (χ3n) is 2.82. The zero-order chi connectivity index (χ0) is 10.3. The molecule has 0 bridgehead atoms. The van der Waals surface area contributed by atoms with E-state index in [2.05, 4.69) is 30.3 Å². The fourth-order valence-electron chi connectivity index (χ4n) is 2.29. The Kier molecular flexibility index (Phi) is 2.05. The highest BCUT2D eigenvalue weighted by Gasteiger charge is 2.26. The number of nitrogen functional groups attached to an aromatic ring is 1. The predicted molar refractivity (Wildman–Crippen MR) is 58.3 cm³/mol. The number of fused-ring (bicyclic) bond motifs is 1. The second-order valence-corrected chi connectivity index (χ2v) is 5.12. The van der Waals surface area contributed by atoms with Crippen LogP contribution in [0.2, 0.25) is 0 Å². The summed E-state index contributed by atoms with van der Waals surface area (Å²) in [5, 5.41) is 0. The molecule has 0 saturated carbocycles. The Balaban J connectivity index is 2.53. The molecule has 1 aromatic heterocycles. The van der Waals surface area contributed by atoms with Crippen molar-refractivity contribution < 1.29 is 0 Å². The molecule has 78 valence electrons. The van der Waals surface area contributed by atoms with Crippen LogP contribution >= 0.6 is 0 Å². The Morgan fingerprint density at radius 3 is 2.64 bits per heavy atom. The maximum atomic E-state index is 5.98. The molecule has 0 saturated heterocycles. The smallest absolute Gasteiger partial charge is 0.145 e. The van der Waals surface area contributed by atoms with Gasteiger partial charge in [-0.1, -0.05) is 20.8 Å². The fourth-order valence-corrected chi connectivity index (χ4v) is 2.29. The zero-order valence-electron chi connectivity index (χ0n) is 9.30. The van der Waals surface area contributed by atoms with Crippen LogP contribution < -0.4 is 5.73 Å². The molecule has 0 aliphatic carbocycles. The van der Waals surface area contributed by atoms with Crippen LogP contribution in [-0.2, 0) is 18.4 Å². The van der Waals surface area contributed by atoms with Crippen molar-refractivity contribution in [1.29, 1.82) is 0 Å². The van der Waals surface area contributed by atoms with Gasteiger partial charge in [0, 0.05) is 18.4 Å². The average molecular weight is 193 g/mol. The standard InChI is InChI=1S/C11H19N3/c1-11(2,3)9-10(12)13-8-6-4-5-7-14(8)9/h4-7,12H2,1-3H3. The van der Waals surface area contributed by atoms with E-state index in [1.54, 1.807) is 0 Å². The molecule has 3 nitrogen and oxygen atoms in total. The van der Waals surface area contributed by atoms with Crippen molar-refractivity contribution in [3.8, 4) is 0 Å². The number of nitrogens with two attached hydrogens (primary N) is 1. The summed E-state index contributed by atoms with van der Waals surface area (Å²) in [6, 6.07) is 0. The number of hydrogen-bond acceptors (Lipinski definition) is 2. The first-order chi connectivity index (χ1) is 6.50. The lowest BCUT2D eigenvalue weighted by atomic mass is 9.91. The van der Waals surface area contributed by atoms with Crippen LogP contribution in [0, 0.1) is 0 Å². The monoisotopic (exact) mass is 193 g/mol. The second kappa shape index (κ2) is 3.01. The molecule has 0 aromatic carbocycles. The maximum absolute atomic E-state index is 5.98. The Hall–Kier alpha value is -0.990. The number of imidazole rings is 1. The fraction of sp³-hybridized carbons (Fsp3) is 0.727. The zero-order valence-corrected chi connectivity index (χ0v) is 9.30. The number of rotatable bonds is 0. The molecule has 0 fully saturated rings. The van der Waals surface area contributed by atoms with Gasteiger partial charge in [0.2, 0.25) is 0 Å². The summed E-state index contributed by atoms with van der Waals surface area (Å²) >= 11 is 0. The van der Waals surface area contributed by atoms with Crippen LogP contribution in [0.4, 0.5) is 5.82 Å². The SMILES string of the molecule is CC(C)(C)c1c(N)nc2n1CCCC2. The lowest BCUT2D eigenvalue weighted by Gasteiger charge is -2.24. The Morgan fingerprint density at radius 2 is 2.00 bits per heavy atom. The van der Waals surface area contributed by atoms with Crippen molar-refractivity contribution in [2.75, 3.05) is 5.73 Å². The van der Waals surface area contributed by atoms with Crippen LogP contribution in [0.3, 0.4) is 0 Å². The second-order valence-electron chi connectivity index (χ2n) is 5.12. The van der Waals surface area contributed by atoms with Crippen molar-refractivity contribution in [1.82, 2.24) is 9.55 Å². The highest BCUT2D eigenvalue weighted by molar-refractivity contribution is 5.42. The van der Waals surface area contributed by atoms with Gasteiger partial charge in [-0.2, -0.15) is 0 Å². The molecule has 14 heavy (non-hydrogen) atoms. The van der Waals surface area contributed by atoms with Gasteiger partial charge in [-0.3, -0.25) is 0 Å². The van der Waals surface area contributed by atoms with E-state index in [0.29, 0.717) is 0 Å². The predicted octanol–water partition coefficient (Wildman–Crippen LogP) is 2.10. The molecule has 1 aromatic rings. The van der Waals surface area contributed by atoms with E-state index in [0.717, 1.165) is 18.8 Å². The van der Waals surface area contributed by atoms with Gasteiger partial charge in [-0.25, -0.2) is 4.98 Å². The normalized spacial score (nSPS) is 16.8. The lowest BCUT2D eigenvalue weighted by Crippen LogP contribution is -2.22. The van der Waals surface area contributed by atoms with E-state index in [4.69, 9.17) is 5.73 Å². The van der Waals surface area contributed by atoms with Crippen LogP contribution in [0.1, 0.15) is 45.1 Å². The minimum Gasteiger partial charge on any atom is -0.382 e. The lowest BCUT2D eigenvalue weighted by molar-refractivity contribution is 0.461. The highest BCUT2D eigenvalue weighted by atomic mass is 15.1. The Bertz CT molecular complexity index is 344. The molecule has 0 atom stereocenters. The van der Waals surface area contributed by atoms with Gasteiger partial charge in [-0.05, 0) is 12.8 Å². The molecule has 1 aliphatic rings. The molecule has 0 spiro atoms. The Labute approximate surface area is 85.3 Å². The molecule has 0 unspecified atom stereocenters. The van der Waals surface area contributed by atoms with Gasteiger partial charge in [0.05, 0.1) is 5.69 Å². The average Bonchev–Trinajstić information content (AvgIpc) is 2.38. The van der Waals surface area contributed by atoms with E-state index >= 15 is 0 Å². The van der Waals surface area contributed by atoms with Crippen molar-refractivity contribution in [2.45, 2.75) is 52.0 Å². The summed E-state index contributed by atoms with van der Waals surface area (Å²) in [5.41, 5.74) is 7.29. The first-order valence-corrected chi connectivity index (χ1v) is 5.35. The third kappa shape index (κ3) is 1.41. The number of aryl methyl sites for hydroxylation is 1. The van der Waals surface area contributed by atoms with Crippen LogP contribution in [0.25, 0.3) is 0 Å². The third-order valence-corrected chi connectivity index (χ3v) is 2.82. The Morgan fingerprint density at radius 1 is 1.29 bits per heavy atom. The maximum Gasteiger partial charge on any atom is 0.145 e. The first-order valence-electron chi connectivity index (χ1n) is 5.35.